The summed E-state index contributed by atoms with van der Waals surface area (Å²) < 4.78 is 5.23. The van der Waals surface area contributed by atoms with Gasteiger partial charge in [-0.15, -0.1) is 0 Å². The van der Waals surface area contributed by atoms with Crippen LogP contribution in [0, 0.1) is 0 Å². The zero-order valence-corrected chi connectivity index (χ0v) is 12.7. The summed E-state index contributed by atoms with van der Waals surface area (Å²) in [6.45, 7) is 6.10. The topological polar surface area (TPSA) is 67.9 Å². The lowest BCUT2D eigenvalue weighted by Crippen LogP contribution is -2.37. The minimum atomic E-state index is -0.754. The lowest BCUT2D eigenvalue weighted by molar-refractivity contribution is -0.151. The SMILES string of the molecule is CCOC(=O)C(CC)(CC)c1nc(-c2ccccc2)n[nH]1. The molecule has 0 bridgehead atoms. The summed E-state index contributed by atoms with van der Waals surface area (Å²) in [5.41, 5.74) is 0.167. The van der Waals surface area contributed by atoms with Crippen LogP contribution in [0.15, 0.2) is 30.3 Å². The zero-order chi connectivity index (χ0) is 15.3. The van der Waals surface area contributed by atoms with Gasteiger partial charge in [0, 0.05) is 5.56 Å². The van der Waals surface area contributed by atoms with E-state index in [4.69, 9.17) is 4.74 Å². The van der Waals surface area contributed by atoms with Crippen molar-refractivity contribution in [3.63, 3.8) is 0 Å². The maximum Gasteiger partial charge on any atom is 0.319 e. The fraction of sp³-hybridized carbons (Fsp3) is 0.438. The summed E-state index contributed by atoms with van der Waals surface area (Å²) in [7, 11) is 0. The van der Waals surface area contributed by atoms with Crippen molar-refractivity contribution < 1.29 is 9.53 Å². The minimum Gasteiger partial charge on any atom is -0.465 e. The summed E-state index contributed by atoms with van der Waals surface area (Å²) in [6.07, 6.45) is 1.23. The van der Waals surface area contributed by atoms with Crippen LogP contribution < -0.4 is 0 Å². The number of benzene rings is 1. The highest BCUT2D eigenvalue weighted by molar-refractivity contribution is 5.82. The molecule has 5 heteroatoms. The molecule has 0 atom stereocenters. The molecule has 0 unspecified atom stereocenters. The fourth-order valence-corrected chi connectivity index (χ4v) is 2.43. The van der Waals surface area contributed by atoms with Crippen LogP contribution in [0.2, 0.25) is 0 Å². The monoisotopic (exact) mass is 287 g/mol. The lowest BCUT2D eigenvalue weighted by atomic mass is 9.81. The summed E-state index contributed by atoms with van der Waals surface area (Å²) in [5.74, 6) is 0.928. The quantitative estimate of drug-likeness (QED) is 0.829. The predicted molar refractivity (Wildman–Crippen MR) is 80.7 cm³/mol. The molecule has 1 aromatic carbocycles. The Morgan fingerprint density at radius 2 is 1.86 bits per heavy atom. The third-order valence-electron chi connectivity index (χ3n) is 3.84. The molecule has 0 saturated heterocycles. The van der Waals surface area contributed by atoms with Gasteiger partial charge in [0.1, 0.15) is 11.2 Å². The van der Waals surface area contributed by atoms with Crippen molar-refractivity contribution in [3.05, 3.63) is 36.2 Å². The molecule has 0 radical (unpaired) electrons. The third kappa shape index (κ3) is 2.82. The molecule has 0 amide bonds. The summed E-state index contributed by atoms with van der Waals surface area (Å²) in [6, 6.07) is 9.69. The first-order chi connectivity index (χ1) is 10.2. The second-order valence-electron chi connectivity index (χ2n) is 4.88. The van der Waals surface area contributed by atoms with Gasteiger partial charge in [-0.2, -0.15) is 5.10 Å². The van der Waals surface area contributed by atoms with Gasteiger partial charge < -0.3 is 4.74 Å². The molecule has 0 fully saturated rings. The smallest absolute Gasteiger partial charge is 0.319 e. The van der Waals surface area contributed by atoms with E-state index in [-0.39, 0.29) is 5.97 Å². The zero-order valence-electron chi connectivity index (χ0n) is 12.7. The van der Waals surface area contributed by atoms with E-state index in [2.05, 4.69) is 15.2 Å². The van der Waals surface area contributed by atoms with Crippen LogP contribution in [0.4, 0.5) is 0 Å². The third-order valence-corrected chi connectivity index (χ3v) is 3.84. The van der Waals surface area contributed by atoms with Crippen molar-refractivity contribution in [1.82, 2.24) is 15.2 Å². The first kappa shape index (κ1) is 15.2. The van der Waals surface area contributed by atoms with Crippen molar-refractivity contribution in [2.45, 2.75) is 39.0 Å². The van der Waals surface area contributed by atoms with Crippen LogP contribution in [0.3, 0.4) is 0 Å². The largest absolute Gasteiger partial charge is 0.465 e. The number of H-pyrrole nitrogens is 1. The Kier molecular flexibility index (Phi) is 4.73. The number of hydrogen-bond acceptors (Lipinski definition) is 4. The van der Waals surface area contributed by atoms with E-state index in [9.17, 15) is 4.79 Å². The Bertz CT molecular complexity index is 589. The second kappa shape index (κ2) is 6.52. The molecule has 0 aliphatic heterocycles. The molecule has 1 heterocycles. The summed E-state index contributed by atoms with van der Waals surface area (Å²) >= 11 is 0. The molecular formula is C16H21N3O2. The highest BCUT2D eigenvalue weighted by Gasteiger charge is 2.41. The van der Waals surface area contributed by atoms with Gasteiger partial charge >= 0.3 is 5.97 Å². The number of ether oxygens (including phenoxy) is 1. The van der Waals surface area contributed by atoms with Gasteiger partial charge in [0.05, 0.1) is 6.61 Å². The van der Waals surface area contributed by atoms with Crippen molar-refractivity contribution in [2.75, 3.05) is 6.61 Å². The molecule has 1 N–H and O–H groups in total. The van der Waals surface area contributed by atoms with Gasteiger partial charge in [-0.1, -0.05) is 44.2 Å². The van der Waals surface area contributed by atoms with Gasteiger partial charge in [0.2, 0.25) is 0 Å². The molecule has 1 aromatic heterocycles. The number of nitrogens with zero attached hydrogens (tertiary/aromatic N) is 2. The van der Waals surface area contributed by atoms with Gasteiger partial charge in [-0.05, 0) is 19.8 Å². The lowest BCUT2D eigenvalue weighted by Gasteiger charge is -2.26. The highest BCUT2D eigenvalue weighted by Crippen LogP contribution is 2.31. The maximum atomic E-state index is 12.4. The number of hydrogen-bond donors (Lipinski definition) is 1. The van der Waals surface area contributed by atoms with Gasteiger partial charge in [-0.3, -0.25) is 9.89 Å². The molecule has 0 aliphatic rings. The van der Waals surface area contributed by atoms with Crippen LogP contribution in [-0.4, -0.2) is 27.8 Å². The number of rotatable bonds is 6. The minimum absolute atomic E-state index is 0.245. The average Bonchev–Trinajstić information content (AvgIpc) is 3.01. The van der Waals surface area contributed by atoms with E-state index in [1.165, 1.54) is 0 Å². The number of aromatic nitrogens is 3. The van der Waals surface area contributed by atoms with E-state index in [1.54, 1.807) is 0 Å². The standard InChI is InChI=1S/C16H21N3O2/c1-4-16(5-2,15(20)21-6-3)14-17-13(18-19-14)12-10-8-7-9-11-12/h7-11H,4-6H2,1-3H3,(H,17,18,19). The van der Waals surface area contributed by atoms with Crippen LogP contribution in [-0.2, 0) is 14.9 Å². The second-order valence-corrected chi connectivity index (χ2v) is 4.88. The molecule has 2 rings (SSSR count). The first-order valence-electron chi connectivity index (χ1n) is 7.33. The molecule has 21 heavy (non-hydrogen) atoms. The fourth-order valence-electron chi connectivity index (χ4n) is 2.43. The number of esters is 1. The molecule has 5 nitrogen and oxygen atoms in total. The van der Waals surface area contributed by atoms with Crippen molar-refractivity contribution in [3.8, 4) is 11.4 Å². The normalized spacial score (nSPS) is 11.4. The van der Waals surface area contributed by atoms with Crippen LogP contribution >= 0.6 is 0 Å². The van der Waals surface area contributed by atoms with E-state index in [0.717, 1.165) is 5.56 Å². The van der Waals surface area contributed by atoms with Crippen LogP contribution in [0.5, 0.6) is 0 Å². The number of carbonyl (C=O) groups excluding carboxylic acids is 1. The van der Waals surface area contributed by atoms with Gasteiger partial charge in [0.15, 0.2) is 5.82 Å². The average molecular weight is 287 g/mol. The Hall–Kier alpha value is -2.17. The van der Waals surface area contributed by atoms with E-state index in [1.807, 2.05) is 51.1 Å². The summed E-state index contributed by atoms with van der Waals surface area (Å²) in [4.78, 5) is 16.9. The first-order valence-corrected chi connectivity index (χ1v) is 7.33. The molecule has 112 valence electrons. The maximum absolute atomic E-state index is 12.4. The van der Waals surface area contributed by atoms with E-state index in [0.29, 0.717) is 31.1 Å². The number of aromatic amines is 1. The molecule has 2 aromatic rings. The molecule has 0 aliphatic carbocycles. The van der Waals surface area contributed by atoms with Gasteiger partial charge in [0.25, 0.3) is 0 Å². The Labute approximate surface area is 124 Å². The predicted octanol–water partition coefficient (Wildman–Crippen LogP) is 3.09. The van der Waals surface area contributed by atoms with Crippen LogP contribution in [0.25, 0.3) is 11.4 Å². The van der Waals surface area contributed by atoms with Crippen LogP contribution in [0.1, 0.15) is 39.4 Å². The van der Waals surface area contributed by atoms with E-state index < -0.39 is 5.41 Å². The van der Waals surface area contributed by atoms with Gasteiger partial charge in [-0.25, -0.2) is 4.98 Å². The molecule has 0 saturated carbocycles. The summed E-state index contributed by atoms with van der Waals surface area (Å²) in [5, 5.41) is 7.17. The van der Waals surface area contributed by atoms with Crippen molar-refractivity contribution >= 4 is 5.97 Å². The highest BCUT2D eigenvalue weighted by atomic mass is 16.5. The number of carbonyl (C=O) groups is 1. The molecule has 0 spiro atoms. The van der Waals surface area contributed by atoms with E-state index >= 15 is 0 Å². The van der Waals surface area contributed by atoms with Crippen molar-refractivity contribution in [1.29, 1.82) is 0 Å². The Balaban J connectivity index is 2.39. The Morgan fingerprint density at radius 1 is 1.19 bits per heavy atom. The van der Waals surface area contributed by atoms with Crippen molar-refractivity contribution in [2.24, 2.45) is 0 Å². The number of nitrogens with one attached hydrogen (secondary N) is 1. The molecular weight excluding hydrogens is 266 g/mol. The Morgan fingerprint density at radius 3 is 2.43 bits per heavy atom.